The molecule has 2 aromatic carbocycles. The number of halogens is 2. The fourth-order valence-electron chi connectivity index (χ4n) is 1.91. The van der Waals surface area contributed by atoms with E-state index in [2.05, 4.69) is 10.6 Å². The smallest absolute Gasteiger partial charge is 0.243 e. The van der Waals surface area contributed by atoms with Crippen LogP contribution in [0, 0.1) is 11.6 Å². The summed E-state index contributed by atoms with van der Waals surface area (Å²) in [5.41, 5.74) is 0.470. The highest BCUT2D eigenvalue weighted by atomic mass is 19.1. The highest BCUT2D eigenvalue weighted by Crippen LogP contribution is 2.28. The van der Waals surface area contributed by atoms with Crippen LogP contribution in [0.4, 0.5) is 20.2 Å². The summed E-state index contributed by atoms with van der Waals surface area (Å²) in [6.45, 7) is -0.125. The van der Waals surface area contributed by atoms with Gasteiger partial charge in [0.1, 0.15) is 23.1 Å². The average molecular weight is 322 g/mol. The minimum Gasteiger partial charge on any atom is -0.497 e. The van der Waals surface area contributed by atoms with Gasteiger partial charge in [0.15, 0.2) is 0 Å². The number of carbonyl (C=O) groups is 1. The lowest BCUT2D eigenvalue weighted by atomic mass is 10.2. The SMILES string of the molecule is COc1ccc(OC)c(NCC(=O)Nc2ccc(F)cc2F)c1. The highest BCUT2D eigenvalue weighted by Gasteiger charge is 2.10. The largest absolute Gasteiger partial charge is 0.497 e. The first-order valence-corrected chi connectivity index (χ1v) is 6.74. The molecule has 7 heteroatoms. The van der Waals surface area contributed by atoms with Crippen molar-refractivity contribution in [3.63, 3.8) is 0 Å². The van der Waals surface area contributed by atoms with Crippen LogP contribution in [-0.2, 0) is 4.79 Å². The Bertz CT molecular complexity index is 708. The predicted molar refractivity (Wildman–Crippen MR) is 83.0 cm³/mol. The molecule has 0 saturated heterocycles. The van der Waals surface area contributed by atoms with Crippen molar-refractivity contribution in [1.29, 1.82) is 0 Å². The van der Waals surface area contributed by atoms with Gasteiger partial charge in [0.25, 0.3) is 0 Å². The summed E-state index contributed by atoms with van der Waals surface area (Å²) in [6.07, 6.45) is 0. The Morgan fingerprint density at radius 2 is 1.83 bits per heavy atom. The van der Waals surface area contributed by atoms with E-state index in [0.717, 1.165) is 12.1 Å². The van der Waals surface area contributed by atoms with Gasteiger partial charge >= 0.3 is 0 Å². The number of benzene rings is 2. The molecule has 2 aromatic rings. The molecule has 0 atom stereocenters. The molecule has 0 spiro atoms. The van der Waals surface area contributed by atoms with Crippen LogP contribution in [-0.4, -0.2) is 26.7 Å². The molecule has 23 heavy (non-hydrogen) atoms. The monoisotopic (exact) mass is 322 g/mol. The third kappa shape index (κ3) is 4.32. The Labute approximate surface area is 132 Å². The van der Waals surface area contributed by atoms with Crippen LogP contribution in [0.15, 0.2) is 36.4 Å². The third-order valence-electron chi connectivity index (χ3n) is 3.05. The zero-order valence-corrected chi connectivity index (χ0v) is 12.7. The molecule has 0 aliphatic carbocycles. The molecule has 0 fully saturated rings. The van der Waals surface area contributed by atoms with Crippen molar-refractivity contribution in [1.82, 2.24) is 0 Å². The summed E-state index contributed by atoms with van der Waals surface area (Å²) in [5, 5.41) is 5.23. The first kappa shape index (κ1) is 16.5. The Kier molecular flexibility index (Phi) is 5.35. The first-order chi connectivity index (χ1) is 11.0. The minimum absolute atomic E-state index is 0.0872. The maximum atomic E-state index is 13.5. The molecule has 0 radical (unpaired) electrons. The topological polar surface area (TPSA) is 59.6 Å². The van der Waals surface area contributed by atoms with Crippen LogP contribution in [0.25, 0.3) is 0 Å². The summed E-state index contributed by atoms with van der Waals surface area (Å²) in [7, 11) is 3.02. The first-order valence-electron chi connectivity index (χ1n) is 6.74. The van der Waals surface area contributed by atoms with Gasteiger partial charge in [0, 0.05) is 12.1 Å². The zero-order valence-electron chi connectivity index (χ0n) is 12.7. The van der Waals surface area contributed by atoms with Gasteiger partial charge in [-0.3, -0.25) is 4.79 Å². The molecule has 0 heterocycles. The maximum absolute atomic E-state index is 13.5. The van der Waals surface area contributed by atoms with Gasteiger partial charge in [0.05, 0.1) is 32.1 Å². The van der Waals surface area contributed by atoms with E-state index < -0.39 is 17.5 Å². The van der Waals surface area contributed by atoms with Gasteiger partial charge in [-0.2, -0.15) is 0 Å². The predicted octanol–water partition coefficient (Wildman–Crippen LogP) is 3.03. The lowest BCUT2D eigenvalue weighted by Crippen LogP contribution is -2.22. The van der Waals surface area contributed by atoms with Gasteiger partial charge in [-0.1, -0.05) is 0 Å². The summed E-state index contributed by atoms with van der Waals surface area (Å²) in [6, 6.07) is 8.02. The number of methoxy groups -OCH3 is 2. The molecule has 0 unspecified atom stereocenters. The minimum atomic E-state index is -0.836. The molecule has 0 aliphatic heterocycles. The number of amides is 1. The lowest BCUT2D eigenvalue weighted by Gasteiger charge is -2.13. The van der Waals surface area contributed by atoms with Gasteiger partial charge in [0.2, 0.25) is 5.91 Å². The summed E-state index contributed by atoms with van der Waals surface area (Å²) >= 11 is 0. The normalized spacial score (nSPS) is 10.1. The van der Waals surface area contributed by atoms with E-state index in [4.69, 9.17) is 9.47 Å². The van der Waals surface area contributed by atoms with Crippen molar-refractivity contribution >= 4 is 17.3 Å². The molecular weight excluding hydrogens is 306 g/mol. The summed E-state index contributed by atoms with van der Waals surface area (Å²) < 4.78 is 36.6. The van der Waals surface area contributed by atoms with E-state index >= 15 is 0 Å². The second kappa shape index (κ2) is 7.44. The molecule has 2 rings (SSSR count). The molecule has 0 saturated carbocycles. The van der Waals surface area contributed by atoms with Gasteiger partial charge < -0.3 is 20.1 Å². The standard InChI is InChI=1S/C16H16F2N2O3/c1-22-11-4-6-15(23-2)14(8-11)19-9-16(21)20-13-5-3-10(17)7-12(13)18/h3-8,19H,9H2,1-2H3,(H,20,21). The number of hydrogen-bond acceptors (Lipinski definition) is 4. The number of hydrogen-bond donors (Lipinski definition) is 2. The van der Waals surface area contributed by atoms with E-state index in [1.54, 1.807) is 18.2 Å². The maximum Gasteiger partial charge on any atom is 0.243 e. The number of anilines is 2. The summed E-state index contributed by atoms with van der Waals surface area (Å²) in [5.74, 6) is -0.901. The Balaban J connectivity index is 2.01. The van der Waals surface area contributed by atoms with Crippen molar-refractivity contribution < 1.29 is 23.0 Å². The van der Waals surface area contributed by atoms with Crippen molar-refractivity contribution in [3.8, 4) is 11.5 Å². The van der Waals surface area contributed by atoms with Crippen LogP contribution in [0.2, 0.25) is 0 Å². The van der Waals surface area contributed by atoms with Gasteiger partial charge in [-0.15, -0.1) is 0 Å². The van der Waals surface area contributed by atoms with E-state index in [1.165, 1.54) is 14.2 Å². The van der Waals surface area contributed by atoms with Crippen LogP contribution in [0.3, 0.4) is 0 Å². The molecule has 0 bridgehead atoms. The fraction of sp³-hybridized carbons (Fsp3) is 0.188. The van der Waals surface area contributed by atoms with Crippen molar-refractivity contribution in [3.05, 3.63) is 48.0 Å². The number of rotatable bonds is 6. The Morgan fingerprint density at radius 1 is 1.04 bits per heavy atom. The van der Waals surface area contributed by atoms with Crippen molar-refractivity contribution in [2.45, 2.75) is 0 Å². The zero-order chi connectivity index (χ0) is 16.8. The number of nitrogens with one attached hydrogen (secondary N) is 2. The van der Waals surface area contributed by atoms with Crippen LogP contribution in [0.1, 0.15) is 0 Å². The molecule has 0 aliphatic rings. The van der Waals surface area contributed by atoms with Crippen molar-refractivity contribution in [2.24, 2.45) is 0 Å². The Hall–Kier alpha value is -2.83. The van der Waals surface area contributed by atoms with Gasteiger partial charge in [-0.05, 0) is 24.3 Å². The molecular formula is C16H16F2N2O3. The Morgan fingerprint density at radius 3 is 2.48 bits per heavy atom. The highest BCUT2D eigenvalue weighted by molar-refractivity contribution is 5.94. The fourth-order valence-corrected chi connectivity index (χ4v) is 1.91. The van der Waals surface area contributed by atoms with E-state index in [9.17, 15) is 13.6 Å². The van der Waals surface area contributed by atoms with Crippen LogP contribution >= 0.6 is 0 Å². The summed E-state index contributed by atoms with van der Waals surface area (Å²) in [4.78, 5) is 11.9. The molecule has 122 valence electrons. The number of ether oxygens (including phenoxy) is 2. The molecule has 2 N–H and O–H groups in total. The van der Waals surface area contributed by atoms with Crippen molar-refractivity contribution in [2.75, 3.05) is 31.4 Å². The number of carbonyl (C=O) groups excluding carboxylic acids is 1. The molecule has 5 nitrogen and oxygen atoms in total. The second-order valence-corrected chi connectivity index (χ2v) is 4.59. The van der Waals surface area contributed by atoms with Crippen LogP contribution in [0.5, 0.6) is 11.5 Å². The van der Waals surface area contributed by atoms with Gasteiger partial charge in [-0.25, -0.2) is 8.78 Å². The molecule has 1 amide bonds. The van der Waals surface area contributed by atoms with Crippen LogP contribution < -0.4 is 20.1 Å². The lowest BCUT2D eigenvalue weighted by molar-refractivity contribution is -0.114. The quantitative estimate of drug-likeness (QED) is 0.858. The van der Waals surface area contributed by atoms with E-state index in [-0.39, 0.29) is 12.2 Å². The third-order valence-corrected chi connectivity index (χ3v) is 3.05. The van der Waals surface area contributed by atoms with E-state index in [1.807, 2.05) is 0 Å². The average Bonchev–Trinajstić information content (AvgIpc) is 2.55. The van der Waals surface area contributed by atoms with E-state index in [0.29, 0.717) is 23.3 Å². The second-order valence-electron chi connectivity index (χ2n) is 4.59. The molecule has 0 aromatic heterocycles.